The molecule has 0 atom stereocenters. The number of rotatable bonds is 6. The van der Waals surface area contributed by atoms with Crippen molar-refractivity contribution >= 4 is 40.5 Å². The average molecular weight is 389 g/mol. The summed E-state index contributed by atoms with van der Waals surface area (Å²) in [7, 11) is 0. The van der Waals surface area contributed by atoms with E-state index < -0.39 is 0 Å². The third-order valence-electron chi connectivity index (χ3n) is 4.00. The standard InChI is InChI=1S/C17H17ClN6OS/c1-10(25)19-8-12-4-5-14(26-12)16-20-9-13(18)17(22-16)24(11-2-3-11)15-6-7-21-23-15/h4-7,9,11H,2-3,8H2,1H3,(H,19,25)(H,21,23). The molecule has 3 heterocycles. The number of anilines is 2. The third-order valence-corrected chi connectivity index (χ3v) is 5.35. The predicted octanol–water partition coefficient (Wildman–Crippen LogP) is 3.52. The van der Waals surface area contributed by atoms with E-state index in [-0.39, 0.29) is 5.91 Å². The van der Waals surface area contributed by atoms with Crippen LogP contribution in [0, 0.1) is 0 Å². The lowest BCUT2D eigenvalue weighted by Crippen LogP contribution is -2.21. The minimum absolute atomic E-state index is 0.0513. The average Bonchev–Trinajstić information content (AvgIpc) is 3.10. The number of carbonyl (C=O) groups is 1. The van der Waals surface area contributed by atoms with Crippen molar-refractivity contribution in [3.8, 4) is 10.7 Å². The van der Waals surface area contributed by atoms with Crippen molar-refractivity contribution in [1.82, 2.24) is 25.5 Å². The number of carbonyl (C=O) groups excluding carboxylic acids is 1. The van der Waals surface area contributed by atoms with Crippen LogP contribution in [0.25, 0.3) is 10.7 Å². The highest BCUT2D eigenvalue weighted by atomic mass is 35.5. The van der Waals surface area contributed by atoms with Gasteiger partial charge in [-0.2, -0.15) is 5.10 Å². The molecule has 0 aromatic carbocycles. The maximum atomic E-state index is 11.1. The summed E-state index contributed by atoms with van der Waals surface area (Å²) in [6, 6.07) is 6.22. The van der Waals surface area contributed by atoms with Crippen LogP contribution >= 0.6 is 22.9 Å². The van der Waals surface area contributed by atoms with E-state index in [1.807, 2.05) is 18.2 Å². The highest BCUT2D eigenvalue weighted by Gasteiger charge is 2.33. The van der Waals surface area contributed by atoms with Crippen LogP contribution < -0.4 is 10.2 Å². The molecule has 2 N–H and O–H groups in total. The van der Waals surface area contributed by atoms with Crippen molar-refractivity contribution in [2.24, 2.45) is 0 Å². The lowest BCUT2D eigenvalue weighted by atomic mass is 10.3. The van der Waals surface area contributed by atoms with Crippen molar-refractivity contribution in [1.29, 1.82) is 0 Å². The zero-order valence-electron chi connectivity index (χ0n) is 14.1. The number of amides is 1. The van der Waals surface area contributed by atoms with Gasteiger partial charge in [0.2, 0.25) is 5.91 Å². The first-order valence-electron chi connectivity index (χ1n) is 8.26. The zero-order chi connectivity index (χ0) is 18.1. The van der Waals surface area contributed by atoms with E-state index >= 15 is 0 Å². The molecule has 4 rings (SSSR count). The van der Waals surface area contributed by atoms with Crippen LogP contribution in [0.2, 0.25) is 5.02 Å². The number of nitrogens with zero attached hydrogens (tertiary/aromatic N) is 4. The van der Waals surface area contributed by atoms with Crippen molar-refractivity contribution in [2.75, 3.05) is 4.90 Å². The quantitative estimate of drug-likeness (QED) is 0.674. The summed E-state index contributed by atoms with van der Waals surface area (Å²) in [6.07, 6.45) is 5.54. The Bertz CT molecular complexity index is 921. The Labute approximate surface area is 159 Å². The van der Waals surface area contributed by atoms with Gasteiger partial charge in [-0.05, 0) is 25.0 Å². The molecule has 134 valence electrons. The molecule has 7 nitrogen and oxygen atoms in total. The molecule has 3 aromatic rings. The van der Waals surface area contributed by atoms with Crippen LogP contribution in [-0.4, -0.2) is 32.1 Å². The summed E-state index contributed by atoms with van der Waals surface area (Å²) >= 11 is 7.97. The van der Waals surface area contributed by atoms with Gasteiger partial charge in [-0.25, -0.2) is 9.97 Å². The fourth-order valence-corrected chi connectivity index (χ4v) is 3.72. The Morgan fingerprint density at radius 1 is 1.42 bits per heavy atom. The second-order valence-corrected chi connectivity index (χ2v) is 7.66. The molecule has 0 unspecified atom stereocenters. The van der Waals surface area contributed by atoms with Gasteiger partial charge in [-0.1, -0.05) is 11.6 Å². The van der Waals surface area contributed by atoms with Crippen LogP contribution in [0.1, 0.15) is 24.6 Å². The van der Waals surface area contributed by atoms with E-state index in [4.69, 9.17) is 16.6 Å². The monoisotopic (exact) mass is 388 g/mol. The van der Waals surface area contributed by atoms with Crippen LogP contribution in [0.3, 0.4) is 0 Å². The maximum absolute atomic E-state index is 11.1. The second kappa shape index (κ2) is 7.05. The molecule has 1 saturated carbocycles. The second-order valence-electron chi connectivity index (χ2n) is 6.08. The number of aromatic amines is 1. The molecule has 1 amide bonds. The van der Waals surface area contributed by atoms with Gasteiger partial charge in [0.15, 0.2) is 11.6 Å². The Kier molecular flexibility index (Phi) is 4.60. The van der Waals surface area contributed by atoms with Gasteiger partial charge < -0.3 is 10.2 Å². The van der Waals surface area contributed by atoms with Crippen molar-refractivity contribution < 1.29 is 4.79 Å². The van der Waals surface area contributed by atoms with Gasteiger partial charge in [0.25, 0.3) is 0 Å². The Hall–Kier alpha value is -2.45. The smallest absolute Gasteiger partial charge is 0.217 e. The molecule has 26 heavy (non-hydrogen) atoms. The molecule has 9 heteroatoms. The number of thiophene rings is 1. The fourth-order valence-electron chi connectivity index (χ4n) is 2.65. The highest BCUT2D eigenvalue weighted by Crippen LogP contribution is 2.40. The first-order chi connectivity index (χ1) is 12.6. The number of hydrogen-bond donors (Lipinski definition) is 2. The highest BCUT2D eigenvalue weighted by molar-refractivity contribution is 7.15. The maximum Gasteiger partial charge on any atom is 0.217 e. The summed E-state index contributed by atoms with van der Waals surface area (Å²) in [4.78, 5) is 24.3. The summed E-state index contributed by atoms with van der Waals surface area (Å²) in [5.41, 5.74) is 0. The molecule has 0 spiro atoms. The SMILES string of the molecule is CC(=O)NCc1ccc(-c2ncc(Cl)c(N(c3ccn[nH]3)C3CC3)n2)s1. The molecule has 0 aliphatic heterocycles. The normalized spacial score (nSPS) is 13.6. The van der Waals surface area contributed by atoms with E-state index in [0.29, 0.717) is 29.3 Å². The fraction of sp³-hybridized carbons (Fsp3) is 0.294. The molecule has 1 fully saturated rings. The van der Waals surface area contributed by atoms with Crippen molar-refractivity contribution in [3.63, 3.8) is 0 Å². The molecular weight excluding hydrogens is 372 g/mol. The third kappa shape index (κ3) is 3.56. The number of H-pyrrole nitrogens is 1. The van der Waals surface area contributed by atoms with Gasteiger partial charge in [-0.15, -0.1) is 11.3 Å². The van der Waals surface area contributed by atoms with Gasteiger partial charge in [0.1, 0.15) is 10.8 Å². The van der Waals surface area contributed by atoms with Crippen molar-refractivity contribution in [2.45, 2.75) is 32.4 Å². The van der Waals surface area contributed by atoms with E-state index in [2.05, 4.69) is 25.4 Å². The minimum atomic E-state index is -0.0513. The predicted molar refractivity (Wildman–Crippen MR) is 102 cm³/mol. The van der Waals surface area contributed by atoms with Crippen LogP contribution in [0.15, 0.2) is 30.6 Å². The first kappa shape index (κ1) is 17.0. The van der Waals surface area contributed by atoms with E-state index in [1.54, 1.807) is 23.7 Å². The number of nitrogens with one attached hydrogen (secondary N) is 2. The number of halogens is 1. The lowest BCUT2D eigenvalue weighted by molar-refractivity contribution is -0.119. The van der Waals surface area contributed by atoms with Gasteiger partial charge in [-0.3, -0.25) is 9.89 Å². The summed E-state index contributed by atoms with van der Waals surface area (Å²) in [6.45, 7) is 2.01. The molecule has 1 aliphatic carbocycles. The molecule has 3 aromatic heterocycles. The summed E-state index contributed by atoms with van der Waals surface area (Å²) in [5, 5.41) is 10.3. The Morgan fingerprint density at radius 3 is 2.96 bits per heavy atom. The van der Waals surface area contributed by atoms with Crippen LogP contribution in [0.4, 0.5) is 11.6 Å². The van der Waals surface area contributed by atoms with Crippen molar-refractivity contribution in [3.05, 3.63) is 40.5 Å². The van der Waals surface area contributed by atoms with Gasteiger partial charge in [0, 0.05) is 23.9 Å². The number of aromatic nitrogens is 4. The zero-order valence-corrected chi connectivity index (χ0v) is 15.6. The molecular formula is C17H17ClN6OS. The van der Waals surface area contributed by atoms with E-state index in [1.165, 1.54) is 6.92 Å². The summed E-state index contributed by atoms with van der Waals surface area (Å²) < 4.78 is 0. The molecule has 0 saturated heterocycles. The molecule has 1 aliphatic rings. The van der Waals surface area contributed by atoms with E-state index in [0.717, 1.165) is 28.4 Å². The Morgan fingerprint density at radius 2 is 2.27 bits per heavy atom. The van der Waals surface area contributed by atoms with Crippen LogP contribution in [0.5, 0.6) is 0 Å². The number of hydrogen-bond acceptors (Lipinski definition) is 6. The minimum Gasteiger partial charge on any atom is -0.351 e. The largest absolute Gasteiger partial charge is 0.351 e. The Balaban J connectivity index is 1.65. The lowest BCUT2D eigenvalue weighted by Gasteiger charge is -2.22. The first-order valence-corrected chi connectivity index (χ1v) is 9.46. The van der Waals surface area contributed by atoms with Crippen LogP contribution in [-0.2, 0) is 11.3 Å². The molecule has 0 radical (unpaired) electrons. The van der Waals surface area contributed by atoms with E-state index in [9.17, 15) is 4.79 Å². The van der Waals surface area contributed by atoms with Gasteiger partial charge in [0.05, 0.1) is 23.8 Å². The van der Waals surface area contributed by atoms with Gasteiger partial charge >= 0.3 is 0 Å². The summed E-state index contributed by atoms with van der Waals surface area (Å²) in [5.74, 6) is 2.12. The topological polar surface area (TPSA) is 86.8 Å². The molecule has 0 bridgehead atoms.